The highest BCUT2D eigenvalue weighted by Gasteiger charge is 2.43. The Morgan fingerprint density at radius 1 is 1.08 bits per heavy atom. The Bertz CT molecular complexity index is 1310. The fourth-order valence-electron chi connectivity index (χ4n) is 4.44. The van der Waals surface area contributed by atoms with Gasteiger partial charge in [-0.15, -0.1) is 0 Å². The van der Waals surface area contributed by atoms with Crippen LogP contribution in [0, 0.1) is 5.82 Å². The highest BCUT2D eigenvalue weighted by Crippen LogP contribution is 2.61. The number of nitrogens with zero attached hydrogens (tertiary/aromatic N) is 3. The van der Waals surface area contributed by atoms with Gasteiger partial charge in [0.2, 0.25) is 5.43 Å². The molecule has 13 nitrogen and oxygen atoms in total. The van der Waals surface area contributed by atoms with Crippen molar-refractivity contribution < 1.29 is 47.7 Å². The molecule has 4 rings (SSSR count). The second kappa shape index (κ2) is 9.86. The van der Waals surface area contributed by atoms with Crippen LogP contribution in [0.1, 0.15) is 25.3 Å². The van der Waals surface area contributed by atoms with Crippen LogP contribution in [0.2, 0.25) is 0 Å². The molecule has 0 bridgehead atoms. The normalized spacial score (nSPS) is 17.7. The van der Waals surface area contributed by atoms with Crippen LogP contribution in [0.25, 0.3) is 10.9 Å². The third-order valence-electron chi connectivity index (χ3n) is 6.40. The summed E-state index contributed by atoms with van der Waals surface area (Å²) in [6.45, 7) is 1.41. The van der Waals surface area contributed by atoms with E-state index in [2.05, 4.69) is 4.74 Å². The predicted molar refractivity (Wildman–Crippen MR) is 126 cm³/mol. The number of rotatable bonds is 8. The number of carboxylic acid groups (broad SMARTS) is 1. The van der Waals surface area contributed by atoms with Crippen molar-refractivity contribution in [2.75, 3.05) is 37.6 Å². The van der Waals surface area contributed by atoms with Gasteiger partial charge in [-0.2, -0.15) is 0 Å². The van der Waals surface area contributed by atoms with E-state index < -0.39 is 50.2 Å². The summed E-state index contributed by atoms with van der Waals surface area (Å²) in [6, 6.07) is 2.65. The number of pyridine rings is 1. The van der Waals surface area contributed by atoms with E-state index in [0.717, 1.165) is 18.9 Å². The average Bonchev–Trinajstić information content (AvgIpc) is 3.59. The monoisotopic (exact) mass is 549 g/mol. The number of piperazine rings is 1. The van der Waals surface area contributed by atoms with Gasteiger partial charge in [0.25, 0.3) is 0 Å². The second-order valence-corrected chi connectivity index (χ2v) is 12.9. The summed E-state index contributed by atoms with van der Waals surface area (Å²) in [6.07, 6.45) is 0.929. The van der Waals surface area contributed by atoms with Gasteiger partial charge in [0.1, 0.15) is 5.82 Å². The maximum atomic E-state index is 15.1. The highest BCUT2D eigenvalue weighted by molar-refractivity contribution is 7.70. The largest absolute Gasteiger partial charge is 0.511 e. The molecule has 0 unspecified atom stereocenters. The van der Waals surface area contributed by atoms with Crippen molar-refractivity contribution in [2.45, 2.75) is 30.7 Å². The minimum atomic E-state index is -5.00. The second-order valence-electron chi connectivity index (χ2n) is 8.93. The van der Waals surface area contributed by atoms with E-state index in [1.165, 1.54) is 6.20 Å². The van der Waals surface area contributed by atoms with Crippen LogP contribution >= 0.6 is 15.2 Å². The molecular formula is C20H26FN3O10P2. The SMILES string of the molecule is O=C(O)Oc1cn(C2CC2)c2cc(N3CCN(CCC(P(=O)(O)O)P(=O)(O)O)CC3)c(F)cc2c1=O. The Labute approximate surface area is 204 Å². The molecule has 198 valence electrons. The minimum absolute atomic E-state index is 0.00134. The summed E-state index contributed by atoms with van der Waals surface area (Å²) in [5.41, 5.74) is -0.0411. The van der Waals surface area contributed by atoms with Gasteiger partial charge in [-0.3, -0.25) is 18.8 Å². The quantitative estimate of drug-likeness (QED) is 0.237. The maximum absolute atomic E-state index is 15.1. The van der Waals surface area contributed by atoms with Crippen LogP contribution in [0.15, 0.2) is 23.1 Å². The molecule has 1 aromatic heterocycles. The van der Waals surface area contributed by atoms with E-state index in [1.807, 2.05) is 0 Å². The van der Waals surface area contributed by atoms with Crippen LogP contribution in [0.4, 0.5) is 14.9 Å². The van der Waals surface area contributed by atoms with Gasteiger partial charge in [-0.05, 0) is 37.9 Å². The molecular weight excluding hydrogens is 523 g/mol. The van der Waals surface area contributed by atoms with E-state index in [1.54, 1.807) is 20.4 Å². The van der Waals surface area contributed by atoms with E-state index in [0.29, 0.717) is 31.7 Å². The molecule has 1 aliphatic heterocycles. The van der Waals surface area contributed by atoms with Crippen LogP contribution in [-0.4, -0.2) is 78.4 Å². The van der Waals surface area contributed by atoms with Crippen molar-refractivity contribution in [1.82, 2.24) is 9.47 Å². The summed E-state index contributed by atoms with van der Waals surface area (Å²) in [5.74, 6) is -1.07. The Kier molecular flexibility index (Phi) is 7.33. The van der Waals surface area contributed by atoms with Crippen LogP contribution < -0.4 is 15.1 Å². The Balaban J connectivity index is 1.53. The van der Waals surface area contributed by atoms with E-state index in [9.17, 15) is 38.3 Å². The van der Waals surface area contributed by atoms with Crippen molar-refractivity contribution in [3.63, 3.8) is 0 Å². The first-order chi connectivity index (χ1) is 16.8. The number of benzene rings is 1. The van der Waals surface area contributed by atoms with Crippen LogP contribution in [-0.2, 0) is 9.13 Å². The molecule has 1 aromatic carbocycles. The lowest BCUT2D eigenvalue weighted by molar-refractivity contribution is 0.143. The van der Waals surface area contributed by atoms with E-state index >= 15 is 4.39 Å². The molecule has 0 radical (unpaired) electrons. The van der Waals surface area contributed by atoms with Crippen molar-refractivity contribution in [2.24, 2.45) is 0 Å². The van der Waals surface area contributed by atoms with Crippen LogP contribution in [0.3, 0.4) is 0 Å². The number of halogens is 1. The number of fused-ring (bicyclic) bond motifs is 1. The molecule has 1 aliphatic carbocycles. The molecule has 0 amide bonds. The summed E-state index contributed by atoms with van der Waals surface area (Å²) < 4.78 is 44.4. The zero-order valence-corrected chi connectivity index (χ0v) is 20.7. The number of hydrogen-bond acceptors (Lipinski definition) is 7. The molecule has 2 aromatic rings. The summed E-state index contributed by atoms with van der Waals surface area (Å²) in [5, 5.41) is 6.84. The minimum Gasteiger partial charge on any atom is -0.449 e. The fourth-order valence-corrected chi connectivity index (χ4v) is 6.91. The summed E-state index contributed by atoms with van der Waals surface area (Å²) in [4.78, 5) is 64.3. The van der Waals surface area contributed by atoms with Crippen molar-refractivity contribution >= 4 is 37.9 Å². The number of anilines is 1. The van der Waals surface area contributed by atoms with E-state index in [-0.39, 0.29) is 23.7 Å². The van der Waals surface area contributed by atoms with E-state index in [4.69, 9.17) is 5.11 Å². The number of ether oxygens (including phenoxy) is 1. The van der Waals surface area contributed by atoms with Gasteiger partial charge in [0, 0.05) is 32.2 Å². The van der Waals surface area contributed by atoms with Gasteiger partial charge in [-0.25, -0.2) is 9.18 Å². The summed E-state index contributed by atoms with van der Waals surface area (Å²) in [7, 11) is -10.00. The number of aromatic nitrogens is 1. The maximum Gasteiger partial charge on any atom is 0.511 e. The van der Waals surface area contributed by atoms with Crippen molar-refractivity contribution in [3.05, 3.63) is 34.4 Å². The number of hydrogen-bond donors (Lipinski definition) is 5. The Morgan fingerprint density at radius 2 is 1.69 bits per heavy atom. The Hall–Kier alpha value is -2.31. The lowest BCUT2D eigenvalue weighted by Gasteiger charge is -2.37. The zero-order chi connectivity index (χ0) is 26.4. The third-order valence-corrected chi connectivity index (χ3v) is 10.3. The lowest BCUT2D eigenvalue weighted by atomic mass is 10.1. The van der Waals surface area contributed by atoms with Gasteiger partial charge >= 0.3 is 21.3 Å². The topological polar surface area (TPSA) is 190 Å². The Morgan fingerprint density at radius 3 is 2.22 bits per heavy atom. The lowest BCUT2D eigenvalue weighted by Crippen LogP contribution is -2.47. The third kappa shape index (κ3) is 5.81. The van der Waals surface area contributed by atoms with Gasteiger partial charge in [-0.1, -0.05) is 0 Å². The highest BCUT2D eigenvalue weighted by atomic mass is 31.2. The summed E-state index contributed by atoms with van der Waals surface area (Å²) >= 11 is 0. The van der Waals surface area contributed by atoms with Crippen molar-refractivity contribution in [1.29, 1.82) is 0 Å². The first-order valence-electron chi connectivity index (χ1n) is 11.1. The van der Waals surface area contributed by atoms with Gasteiger partial charge < -0.3 is 38.9 Å². The number of carbonyl (C=O) groups is 1. The molecule has 36 heavy (non-hydrogen) atoms. The standard InChI is InChI=1S/C20H26FN3O10P2/c21-14-9-13-15(24(12-1-2-12)11-17(19(13)25)34-20(26)27)10-16(14)23-7-5-22(6-8-23)4-3-18(35(28,29)30)36(31,32)33/h9-12,18H,1-8H2,(H,26,27)(H2,28,29,30)(H2,31,32,33). The molecule has 5 N–H and O–H groups in total. The first kappa shape index (κ1) is 26.7. The predicted octanol–water partition coefficient (Wildman–Crippen LogP) is 1.73. The molecule has 1 saturated heterocycles. The van der Waals surface area contributed by atoms with Gasteiger partial charge in [0.05, 0.1) is 22.8 Å². The fraction of sp³-hybridized carbons (Fsp3) is 0.500. The van der Waals surface area contributed by atoms with Crippen LogP contribution in [0.5, 0.6) is 5.75 Å². The first-order valence-corrected chi connectivity index (χ1v) is 14.5. The van der Waals surface area contributed by atoms with Gasteiger partial charge in [0.15, 0.2) is 11.1 Å². The zero-order valence-electron chi connectivity index (χ0n) is 18.9. The molecule has 0 atom stereocenters. The molecule has 1 saturated carbocycles. The molecule has 2 heterocycles. The van der Waals surface area contributed by atoms with Crippen molar-refractivity contribution in [3.8, 4) is 5.75 Å². The molecule has 0 spiro atoms. The average molecular weight is 549 g/mol. The molecule has 16 heteroatoms. The smallest absolute Gasteiger partial charge is 0.449 e. The molecule has 2 aliphatic rings. The molecule has 2 fully saturated rings.